The monoisotopic (exact) mass is 353 g/mol. The number of ether oxygens (including phenoxy) is 1. The Labute approximate surface area is 129 Å². The predicted molar refractivity (Wildman–Crippen MR) is 82.6 cm³/mol. The molecule has 0 aromatic heterocycles. The summed E-state index contributed by atoms with van der Waals surface area (Å²) in [6.45, 7) is 0. The van der Waals surface area contributed by atoms with Crippen LogP contribution in [0, 0.1) is 10.7 Å². The number of thioether (sulfide) groups is 1. The number of nitriles is 1. The van der Waals surface area contributed by atoms with Gasteiger partial charge in [-0.15, -0.1) is 0 Å². The highest BCUT2D eigenvalue weighted by molar-refractivity contribution is 9.10. The van der Waals surface area contributed by atoms with E-state index in [0.29, 0.717) is 10.8 Å². The van der Waals surface area contributed by atoms with Crippen LogP contribution >= 0.6 is 39.3 Å². The van der Waals surface area contributed by atoms with E-state index in [1.807, 2.05) is 30.3 Å². The minimum absolute atomic E-state index is 0.595. The Morgan fingerprint density at radius 2 is 2.00 bits per heavy atom. The zero-order valence-corrected chi connectivity index (χ0v) is 13.1. The summed E-state index contributed by atoms with van der Waals surface area (Å²) in [6, 6.07) is 11.2. The minimum atomic E-state index is 0.595. The van der Waals surface area contributed by atoms with Crippen LogP contribution in [0.1, 0.15) is 0 Å². The van der Waals surface area contributed by atoms with E-state index < -0.39 is 0 Å². The minimum Gasteiger partial charge on any atom is -0.496 e. The number of hydrogen-bond donors (Lipinski definition) is 0. The molecule has 0 aliphatic carbocycles. The second kappa shape index (κ2) is 6.33. The first kappa shape index (κ1) is 14.3. The lowest BCUT2D eigenvalue weighted by Gasteiger charge is -2.13. The second-order valence-corrected chi connectivity index (χ2v) is 5.68. The van der Waals surface area contributed by atoms with E-state index in [0.717, 1.165) is 32.3 Å². The summed E-state index contributed by atoms with van der Waals surface area (Å²) in [5.74, 6) is 0.686. The number of nitrogens with zero attached hydrogens (tertiary/aromatic N) is 1. The standard InChI is InChI=1S/C14H9BrClNOS/c1-18-12-7-3-6-11(16)13(12)9-4-2-5-10(15)14(9)19-8-17/h2-7H,1H3. The van der Waals surface area contributed by atoms with Gasteiger partial charge in [-0.2, -0.15) is 5.26 Å². The van der Waals surface area contributed by atoms with Crippen molar-refractivity contribution in [3.8, 4) is 22.3 Å². The summed E-state index contributed by atoms with van der Waals surface area (Å²) in [4.78, 5) is 0.830. The third kappa shape index (κ3) is 2.89. The molecular formula is C14H9BrClNOS. The van der Waals surface area contributed by atoms with Crippen molar-refractivity contribution in [3.05, 3.63) is 45.9 Å². The average Bonchev–Trinajstić information content (AvgIpc) is 2.41. The van der Waals surface area contributed by atoms with Gasteiger partial charge in [-0.05, 0) is 45.9 Å². The molecule has 2 rings (SSSR count). The van der Waals surface area contributed by atoms with Gasteiger partial charge in [0.05, 0.1) is 12.1 Å². The first-order valence-electron chi connectivity index (χ1n) is 5.36. The number of hydrogen-bond acceptors (Lipinski definition) is 3. The van der Waals surface area contributed by atoms with Crippen molar-refractivity contribution in [2.45, 2.75) is 4.90 Å². The van der Waals surface area contributed by atoms with E-state index >= 15 is 0 Å². The van der Waals surface area contributed by atoms with E-state index in [1.165, 1.54) is 0 Å². The molecule has 0 heterocycles. The van der Waals surface area contributed by atoms with E-state index in [-0.39, 0.29) is 0 Å². The van der Waals surface area contributed by atoms with E-state index in [2.05, 4.69) is 21.3 Å². The van der Waals surface area contributed by atoms with Gasteiger partial charge < -0.3 is 4.74 Å². The van der Waals surface area contributed by atoms with E-state index in [9.17, 15) is 0 Å². The molecule has 96 valence electrons. The number of thiocyanates is 1. The molecule has 0 saturated heterocycles. The molecule has 0 atom stereocenters. The van der Waals surface area contributed by atoms with Gasteiger partial charge in [0.2, 0.25) is 0 Å². The van der Waals surface area contributed by atoms with Gasteiger partial charge in [0.1, 0.15) is 11.2 Å². The topological polar surface area (TPSA) is 33.0 Å². The summed E-state index contributed by atoms with van der Waals surface area (Å²) >= 11 is 10.8. The zero-order chi connectivity index (χ0) is 13.8. The van der Waals surface area contributed by atoms with Gasteiger partial charge in [-0.3, -0.25) is 0 Å². The fourth-order valence-electron chi connectivity index (χ4n) is 1.79. The van der Waals surface area contributed by atoms with Crippen molar-refractivity contribution in [2.75, 3.05) is 7.11 Å². The van der Waals surface area contributed by atoms with Gasteiger partial charge in [0.15, 0.2) is 0 Å². The number of rotatable bonds is 3. The molecule has 0 saturated carbocycles. The Morgan fingerprint density at radius 1 is 1.26 bits per heavy atom. The first-order chi connectivity index (χ1) is 9.19. The van der Waals surface area contributed by atoms with Gasteiger partial charge in [0, 0.05) is 20.5 Å². The predicted octanol–water partition coefficient (Wildman–Crippen LogP) is 5.35. The molecular weight excluding hydrogens is 346 g/mol. The van der Waals surface area contributed by atoms with Crippen molar-refractivity contribution < 1.29 is 4.74 Å². The zero-order valence-electron chi connectivity index (χ0n) is 9.98. The van der Waals surface area contributed by atoms with Crippen LogP contribution in [0.15, 0.2) is 45.8 Å². The van der Waals surface area contributed by atoms with Crippen LogP contribution in [-0.4, -0.2) is 7.11 Å². The molecule has 0 unspecified atom stereocenters. The van der Waals surface area contributed by atoms with Crippen molar-refractivity contribution in [1.82, 2.24) is 0 Å². The molecule has 0 fully saturated rings. The van der Waals surface area contributed by atoms with Crippen LogP contribution in [0.2, 0.25) is 5.02 Å². The smallest absolute Gasteiger partial charge is 0.138 e. The highest BCUT2D eigenvalue weighted by atomic mass is 79.9. The molecule has 2 aromatic carbocycles. The van der Waals surface area contributed by atoms with Gasteiger partial charge in [-0.1, -0.05) is 29.8 Å². The maximum Gasteiger partial charge on any atom is 0.138 e. The molecule has 0 amide bonds. The lowest BCUT2D eigenvalue weighted by molar-refractivity contribution is 0.416. The third-order valence-corrected chi connectivity index (χ3v) is 4.55. The maximum atomic E-state index is 8.94. The Hall–Kier alpha value is -1.15. The summed E-state index contributed by atoms with van der Waals surface area (Å²) in [6.07, 6.45) is 0. The van der Waals surface area contributed by atoms with Crippen LogP contribution < -0.4 is 4.74 Å². The van der Waals surface area contributed by atoms with Crippen molar-refractivity contribution in [1.29, 1.82) is 5.26 Å². The Bertz CT molecular complexity index is 654. The molecule has 0 radical (unpaired) electrons. The molecule has 0 N–H and O–H groups in total. The molecule has 2 aromatic rings. The lowest BCUT2D eigenvalue weighted by atomic mass is 10.0. The first-order valence-corrected chi connectivity index (χ1v) is 7.35. The molecule has 0 spiro atoms. The quantitative estimate of drug-likeness (QED) is 0.550. The second-order valence-electron chi connectivity index (χ2n) is 3.63. The highest BCUT2D eigenvalue weighted by Crippen LogP contribution is 2.43. The highest BCUT2D eigenvalue weighted by Gasteiger charge is 2.16. The Morgan fingerprint density at radius 3 is 2.68 bits per heavy atom. The van der Waals surface area contributed by atoms with Crippen LogP contribution in [-0.2, 0) is 0 Å². The summed E-state index contributed by atoms with van der Waals surface area (Å²) in [7, 11) is 1.60. The van der Waals surface area contributed by atoms with Crippen molar-refractivity contribution in [3.63, 3.8) is 0 Å². The largest absolute Gasteiger partial charge is 0.496 e. The summed E-state index contributed by atoms with van der Waals surface area (Å²) in [5.41, 5.74) is 1.68. The van der Waals surface area contributed by atoms with Crippen LogP contribution in [0.25, 0.3) is 11.1 Å². The van der Waals surface area contributed by atoms with E-state index in [4.69, 9.17) is 21.6 Å². The molecule has 19 heavy (non-hydrogen) atoms. The fourth-order valence-corrected chi connectivity index (χ4v) is 3.20. The van der Waals surface area contributed by atoms with Crippen LogP contribution in [0.3, 0.4) is 0 Å². The van der Waals surface area contributed by atoms with Gasteiger partial charge in [0.25, 0.3) is 0 Å². The number of methoxy groups -OCH3 is 1. The SMILES string of the molecule is COc1cccc(Cl)c1-c1cccc(Br)c1SC#N. The van der Waals surface area contributed by atoms with Crippen molar-refractivity contribution >= 4 is 39.3 Å². The molecule has 0 aliphatic heterocycles. The van der Waals surface area contributed by atoms with Gasteiger partial charge in [-0.25, -0.2) is 0 Å². The third-order valence-electron chi connectivity index (χ3n) is 2.58. The summed E-state index contributed by atoms with van der Waals surface area (Å²) < 4.78 is 6.22. The normalized spacial score (nSPS) is 10.0. The number of halogens is 2. The van der Waals surface area contributed by atoms with Gasteiger partial charge >= 0.3 is 0 Å². The van der Waals surface area contributed by atoms with Crippen molar-refractivity contribution in [2.24, 2.45) is 0 Å². The molecule has 2 nitrogen and oxygen atoms in total. The van der Waals surface area contributed by atoms with Crippen LogP contribution in [0.5, 0.6) is 5.75 Å². The Balaban J connectivity index is 2.73. The maximum absolute atomic E-state index is 8.94. The fraction of sp³-hybridized carbons (Fsp3) is 0.0714. The van der Waals surface area contributed by atoms with E-state index in [1.54, 1.807) is 13.2 Å². The number of benzene rings is 2. The molecule has 0 bridgehead atoms. The lowest BCUT2D eigenvalue weighted by Crippen LogP contribution is -1.91. The van der Waals surface area contributed by atoms with Crippen LogP contribution in [0.4, 0.5) is 0 Å². The Kier molecular flexibility index (Phi) is 4.76. The summed E-state index contributed by atoms with van der Waals surface area (Å²) in [5, 5.41) is 11.6. The molecule has 0 aliphatic rings. The molecule has 5 heteroatoms. The average molecular weight is 355 g/mol.